The van der Waals surface area contributed by atoms with Crippen molar-refractivity contribution in [2.24, 2.45) is 0 Å². The van der Waals surface area contributed by atoms with E-state index in [2.05, 4.69) is 21.2 Å². The molecule has 1 aromatic carbocycles. The topological polar surface area (TPSA) is 52.9 Å². The highest BCUT2D eigenvalue weighted by Crippen LogP contribution is 2.23. The normalized spacial score (nSPS) is 9.56. The van der Waals surface area contributed by atoms with Gasteiger partial charge >= 0.3 is 0 Å². The van der Waals surface area contributed by atoms with E-state index in [1.54, 1.807) is 18.2 Å². The number of benzene rings is 1. The third-order valence-corrected chi connectivity index (χ3v) is 2.83. The Balaban J connectivity index is 2.68. The summed E-state index contributed by atoms with van der Waals surface area (Å²) in [7, 11) is 0. The van der Waals surface area contributed by atoms with Gasteiger partial charge in [-0.1, -0.05) is 0 Å². The second-order valence-corrected chi connectivity index (χ2v) is 4.38. The van der Waals surface area contributed by atoms with Crippen LogP contribution in [0.4, 0.5) is 5.69 Å². The first-order valence-corrected chi connectivity index (χ1v) is 6.05. The molecule has 3 nitrogen and oxygen atoms in total. The molecule has 0 spiro atoms. The average molecular weight is 302 g/mol. The summed E-state index contributed by atoms with van der Waals surface area (Å²) >= 11 is 8.79. The summed E-state index contributed by atoms with van der Waals surface area (Å²) in [6, 6.07) is 7.04. The number of amides is 1. The monoisotopic (exact) mass is 300 g/mol. The molecule has 16 heavy (non-hydrogen) atoms. The van der Waals surface area contributed by atoms with E-state index in [0.29, 0.717) is 34.4 Å². The predicted octanol–water partition coefficient (Wildman–Crippen LogP) is 3.28. The number of carbonyl (C=O) groups excluding carboxylic acids is 1. The Morgan fingerprint density at radius 3 is 2.88 bits per heavy atom. The standard InChI is InChI=1S/C11H10BrClN2O/c12-9-6-8(7-14)3-4-10(9)15-11(16)2-1-5-13/h3-4,6H,1-2,5H2,(H,15,16). The molecule has 5 heteroatoms. The molecule has 0 saturated carbocycles. The molecule has 1 amide bonds. The van der Waals surface area contributed by atoms with Crippen LogP contribution in [0.5, 0.6) is 0 Å². The SMILES string of the molecule is N#Cc1ccc(NC(=O)CCCCl)c(Br)c1. The fourth-order valence-corrected chi connectivity index (χ4v) is 1.74. The van der Waals surface area contributed by atoms with Crippen LogP contribution < -0.4 is 5.32 Å². The highest BCUT2D eigenvalue weighted by atomic mass is 79.9. The van der Waals surface area contributed by atoms with Crippen LogP contribution in [0.15, 0.2) is 22.7 Å². The largest absolute Gasteiger partial charge is 0.325 e. The smallest absolute Gasteiger partial charge is 0.224 e. The lowest BCUT2D eigenvalue weighted by molar-refractivity contribution is -0.116. The Morgan fingerprint density at radius 2 is 2.31 bits per heavy atom. The summed E-state index contributed by atoms with van der Waals surface area (Å²) in [5, 5.41) is 11.4. The van der Waals surface area contributed by atoms with Gasteiger partial charge in [-0.05, 0) is 40.5 Å². The maximum absolute atomic E-state index is 11.4. The Kier molecular flexibility index (Phi) is 5.30. The van der Waals surface area contributed by atoms with Gasteiger partial charge in [-0.25, -0.2) is 0 Å². The summed E-state index contributed by atoms with van der Waals surface area (Å²) in [6.45, 7) is 0. The highest BCUT2D eigenvalue weighted by molar-refractivity contribution is 9.10. The van der Waals surface area contributed by atoms with Gasteiger partial charge in [-0.2, -0.15) is 5.26 Å². The number of nitrogens with zero attached hydrogens (tertiary/aromatic N) is 1. The number of rotatable bonds is 4. The zero-order valence-corrected chi connectivity index (χ0v) is 10.8. The van der Waals surface area contributed by atoms with Crippen molar-refractivity contribution in [2.45, 2.75) is 12.8 Å². The molecule has 0 aromatic heterocycles. The first-order valence-electron chi connectivity index (χ1n) is 4.73. The minimum absolute atomic E-state index is 0.0777. The molecule has 0 aliphatic carbocycles. The van der Waals surface area contributed by atoms with Gasteiger partial charge in [-0.15, -0.1) is 11.6 Å². The summed E-state index contributed by atoms with van der Waals surface area (Å²) < 4.78 is 0.700. The lowest BCUT2D eigenvalue weighted by Crippen LogP contribution is -2.11. The zero-order chi connectivity index (χ0) is 12.0. The molecule has 0 heterocycles. The van der Waals surface area contributed by atoms with E-state index in [4.69, 9.17) is 16.9 Å². The lowest BCUT2D eigenvalue weighted by atomic mass is 10.2. The van der Waals surface area contributed by atoms with E-state index in [-0.39, 0.29) is 5.91 Å². The van der Waals surface area contributed by atoms with Gasteiger partial charge in [0.1, 0.15) is 0 Å². The Morgan fingerprint density at radius 1 is 1.56 bits per heavy atom. The molecule has 0 unspecified atom stereocenters. The van der Waals surface area contributed by atoms with Crippen molar-refractivity contribution in [1.29, 1.82) is 5.26 Å². The summed E-state index contributed by atoms with van der Waals surface area (Å²) in [6.07, 6.45) is 1.05. The van der Waals surface area contributed by atoms with Crippen LogP contribution in [0.25, 0.3) is 0 Å². The molecule has 0 aliphatic rings. The molecule has 1 N–H and O–H groups in total. The molecular formula is C11H10BrClN2O. The summed E-state index contributed by atoms with van der Waals surface area (Å²) in [5.74, 6) is 0.396. The van der Waals surface area contributed by atoms with Gasteiger partial charge in [0.25, 0.3) is 0 Å². The summed E-state index contributed by atoms with van der Waals surface area (Å²) in [4.78, 5) is 11.4. The van der Waals surface area contributed by atoms with E-state index in [0.717, 1.165) is 0 Å². The average Bonchev–Trinajstić information content (AvgIpc) is 2.29. The van der Waals surface area contributed by atoms with Crippen LogP contribution >= 0.6 is 27.5 Å². The third-order valence-electron chi connectivity index (χ3n) is 1.91. The van der Waals surface area contributed by atoms with Gasteiger partial charge in [0.05, 0.1) is 17.3 Å². The van der Waals surface area contributed by atoms with Crippen LogP contribution in [0.1, 0.15) is 18.4 Å². The van der Waals surface area contributed by atoms with Crippen molar-refractivity contribution in [3.05, 3.63) is 28.2 Å². The number of nitriles is 1. The number of hydrogen-bond donors (Lipinski definition) is 1. The van der Waals surface area contributed by atoms with Crippen LogP contribution in [0.3, 0.4) is 0 Å². The van der Waals surface area contributed by atoms with Gasteiger partial charge < -0.3 is 5.32 Å². The van der Waals surface area contributed by atoms with E-state index < -0.39 is 0 Å². The van der Waals surface area contributed by atoms with Crippen LogP contribution in [0.2, 0.25) is 0 Å². The van der Waals surface area contributed by atoms with E-state index in [9.17, 15) is 4.79 Å². The first kappa shape index (κ1) is 13.0. The molecular weight excluding hydrogens is 291 g/mol. The fraction of sp³-hybridized carbons (Fsp3) is 0.273. The van der Waals surface area contributed by atoms with Crippen LogP contribution in [0, 0.1) is 11.3 Å². The van der Waals surface area contributed by atoms with Gasteiger partial charge in [0.2, 0.25) is 5.91 Å². The predicted molar refractivity (Wildman–Crippen MR) is 67.4 cm³/mol. The van der Waals surface area contributed by atoms with Gasteiger partial charge in [0, 0.05) is 16.8 Å². The van der Waals surface area contributed by atoms with Gasteiger partial charge in [-0.3, -0.25) is 4.79 Å². The minimum atomic E-state index is -0.0777. The van der Waals surface area contributed by atoms with Crippen molar-refractivity contribution in [2.75, 3.05) is 11.2 Å². The zero-order valence-electron chi connectivity index (χ0n) is 8.46. The maximum Gasteiger partial charge on any atom is 0.224 e. The Labute approximate surface area is 108 Å². The van der Waals surface area contributed by atoms with Crippen molar-refractivity contribution in [3.8, 4) is 6.07 Å². The second kappa shape index (κ2) is 6.51. The number of hydrogen-bond acceptors (Lipinski definition) is 2. The fourth-order valence-electron chi connectivity index (χ4n) is 1.13. The molecule has 0 bridgehead atoms. The Hall–Kier alpha value is -1.05. The highest BCUT2D eigenvalue weighted by Gasteiger charge is 2.05. The lowest BCUT2D eigenvalue weighted by Gasteiger charge is -2.06. The van der Waals surface area contributed by atoms with E-state index in [1.165, 1.54) is 0 Å². The summed E-state index contributed by atoms with van der Waals surface area (Å²) in [5.41, 5.74) is 1.21. The molecule has 0 saturated heterocycles. The van der Waals surface area contributed by atoms with Crippen LogP contribution in [-0.2, 0) is 4.79 Å². The first-order chi connectivity index (χ1) is 7.67. The van der Waals surface area contributed by atoms with E-state index in [1.807, 2.05) is 6.07 Å². The van der Waals surface area contributed by atoms with Gasteiger partial charge in [0.15, 0.2) is 0 Å². The minimum Gasteiger partial charge on any atom is -0.325 e. The number of nitrogens with one attached hydrogen (secondary N) is 1. The molecule has 1 aromatic rings. The third kappa shape index (κ3) is 3.84. The van der Waals surface area contributed by atoms with E-state index >= 15 is 0 Å². The quantitative estimate of drug-likeness (QED) is 0.868. The van der Waals surface area contributed by atoms with Crippen molar-refractivity contribution < 1.29 is 4.79 Å². The molecule has 0 aliphatic heterocycles. The van der Waals surface area contributed by atoms with Crippen molar-refractivity contribution in [1.82, 2.24) is 0 Å². The van der Waals surface area contributed by atoms with Crippen molar-refractivity contribution >= 4 is 39.1 Å². The van der Waals surface area contributed by atoms with Crippen molar-refractivity contribution in [3.63, 3.8) is 0 Å². The second-order valence-electron chi connectivity index (χ2n) is 3.15. The number of alkyl halides is 1. The molecule has 0 atom stereocenters. The molecule has 0 radical (unpaired) electrons. The number of carbonyl (C=O) groups is 1. The van der Waals surface area contributed by atoms with Crippen LogP contribution in [-0.4, -0.2) is 11.8 Å². The maximum atomic E-state index is 11.4. The molecule has 1 rings (SSSR count). The molecule has 0 fully saturated rings. The number of halogens is 2. The molecule has 84 valence electrons. The Bertz CT molecular complexity index is 428. The number of anilines is 1.